The maximum Gasteiger partial charge on any atom is 0.328 e. The predicted octanol–water partition coefficient (Wildman–Crippen LogP) is 0.841. The van der Waals surface area contributed by atoms with Crippen LogP contribution >= 0.6 is 0 Å². The summed E-state index contributed by atoms with van der Waals surface area (Å²) in [7, 11) is 0. The van der Waals surface area contributed by atoms with Crippen LogP contribution in [0, 0.1) is 0 Å². The number of hydrogen-bond donors (Lipinski definition) is 2. The van der Waals surface area contributed by atoms with Gasteiger partial charge in [-0.3, -0.25) is 14.9 Å². The molecule has 2 N–H and O–H groups in total. The van der Waals surface area contributed by atoms with Gasteiger partial charge in [-0.25, -0.2) is 4.79 Å². The number of carbonyl (C=O) groups excluding carboxylic acids is 2. The van der Waals surface area contributed by atoms with Crippen LogP contribution in [0.4, 0.5) is 0 Å². The Morgan fingerprint density at radius 1 is 1.32 bits per heavy atom. The lowest BCUT2D eigenvalue weighted by atomic mass is 10.0. The monoisotopic (exact) mass is 392 g/mol. The summed E-state index contributed by atoms with van der Waals surface area (Å²) in [6.07, 6.45) is 1.11. The molecule has 8 heteroatoms. The van der Waals surface area contributed by atoms with Crippen molar-refractivity contribution >= 4 is 17.8 Å². The van der Waals surface area contributed by atoms with Crippen LogP contribution < -0.4 is 5.32 Å². The molecule has 154 valence electrons. The van der Waals surface area contributed by atoms with E-state index in [9.17, 15) is 19.5 Å². The summed E-state index contributed by atoms with van der Waals surface area (Å²) in [4.78, 5) is 37.8. The normalized spacial score (nSPS) is 18.9. The highest BCUT2D eigenvalue weighted by molar-refractivity contribution is 5.87. The Morgan fingerprint density at radius 3 is 2.68 bits per heavy atom. The van der Waals surface area contributed by atoms with Crippen LogP contribution in [0.15, 0.2) is 30.3 Å². The van der Waals surface area contributed by atoms with Crippen LogP contribution in [0.2, 0.25) is 0 Å². The van der Waals surface area contributed by atoms with E-state index in [2.05, 4.69) is 5.32 Å². The summed E-state index contributed by atoms with van der Waals surface area (Å²) in [5, 5.41) is 12.4. The van der Waals surface area contributed by atoms with E-state index >= 15 is 0 Å². The molecule has 0 saturated carbocycles. The van der Waals surface area contributed by atoms with Gasteiger partial charge in [0.15, 0.2) is 6.04 Å². The summed E-state index contributed by atoms with van der Waals surface area (Å²) in [6.45, 7) is 4.06. The van der Waals surface area contributed by atoms with E-state index in [0.717, 1.165) is 5.56 Å². The minimum Gasteiger partial charge on any atom is -0.480 e. The maximum atomic E-state index is 12.8. The van der Waals surface area contributed by atoms with Crippen molar-refractivity contribution in [3.63, 3.8) is 0 Å². The van der Waals surface area contributed by atoms with E-state index in [1.807, 2.05) is 30.3 Å². The number of nitrogens with one attached hydrogen (secondary N) is 1. The minimum absolute atomic E-state index is 0.0386. The molecule has 1 saturated heterocycles. The summed E-state index contributed by atoms with van der Waals surface area (Å²) >= 11 is 0. The van der Waals surface area contributed by atoms with Crippen molar-refractivity contribution in [2.24, 2.45) is 0 Å². The first kappa shape index (κ1) is 21.8. The van der Waals surface area contributed by atoms with Crippen molar-refractivity contribution in [1.29, 1.82) is 0 Å². The second-order valence-corrected chi connectivity index (χ2v) is 6.68. The third kappa shape index (κ3) is 6.03. The van der Waals surface area contributed by atoms with Crippen molar-refractivity contribution in [2.45, 2.75) is 44.8 Å². The molecule has 0 aromatic heterocycles. The lowest BCUT2D eigenvalue weighted by Gasteiger charge is -2.35. The van der Waals surface area contributed by atoms with Gasteiger partial charge in [0, 0.05) is 6.54 Å². The molecular weight excluding hydrogens is 364 g/mol. The molecular formula is C20H28N2O6. The lowest BCUT2D eigenvalue weighted by Crippen LogP contribution is -2.58. The number of aliphatic carboxylic acids is 1. The average molecular weight is 392 g/mol. The average Bonchev–Trinajstić information content (AvgIpc) is 2.71. The molecule has 0 aliphatic carbocycles. The molecule has 0 spiro atoms. The zero-order valence-electron chi connectivity index (χ0n) is 16.3. The quantitative estimate of drug-likeness (QED) is 0.600. The Bertz CT molecular complexity index is 666. The molecule has 1 aromatic rings. The molecule has 2 unspecified atom stereocenters. The molecule has 1 aliphatic rings. The van der Waals surface area contributed by atoms with Gasteiger partial charge in [-0.1, -0.05) is 30.3 Å². The molecule has 0 radical (unpaired) electrons. The molecule has 28 heavy (non-hydrogen) atoms. The minimum atomic E-state index is -1.11. The largest absolute Gasteiger partial charge is 0.480 e. The number of morpholine rings is 1. The first-order valence-corrected chi connectivity index (χ1v) is 9.51. The first-order valence-electron chi connectivity index (χ1n) is 9.51. The number of carbonyl (C=O) groups is 3. The Kier molecular flexibility index (Phi) is 8.41. The third-order valence-electron chi connectivity index (χ3n) is 4.65. The number of ether oxygens (including phenoxy) is 2. The summed E-state index contributed by atoms with van der Waals surface area (Å²) in [6, 6.07) is 7.32. The van der Waals surface area contributed by atoms with Gasteiger partial charge in [-0.2, -0.15) is 0 Å². The maximum absolute atomic E-state index is 12.8. The van der Waals surface area contributed by atoms with Crippen molar-refractivity contribution in [3.8, 4) is 0 Å². The second kappa shape index (κ2) is 10.8. The van der Waals surface area contributed by atoms with Gasteiger partial charge in [-0.15, -0.1) is 0 Å². The Hall–Kier alpha value is -2.45. The van der Waals surface area contributed by atoms with Crippen LogP contribution in [0.25, 0.3) is 0 Å². The standard InChI is InChI=1S/C20H28N2O6/c1-3-28-20(26)16(10-9-15-7-5-4-6-8-15)21-14(2)18(23)22-11-12-27-13-17(22)19(24)25/h4-8,14,16-17,21H,3,9-13H2,1-2H3,(H,24,25)/t14-,16?,17?/m0/s1. The number of rotatable bonds is 9. The van der Waals surface area contributed by atoms with E-state index in [1.165, 1.54) is 4.90 Å². The smallest absolute Gasteiger partial charge is 0.328 e. The zero-order chi connectivity index (χ0) is 20.5. The van der Waals surface area contributed by atoms with Gasteiger partial charge >= 0.3 is 11.9 Å². The number of hydrogen-bond acceptors (Lipinski definition) is 6. The Morgan fingerprint density at radius 2 is 2.04 bits per heavy atom. The van der Waals surface area contributed by atoms with Gasteiger partial charge < -0.3 is 19.5 Å². The Balaban J connectivity index is 2.03. The summed E-state index contributed by atoms with van der Waals surface area (Å²) in [5.41, 5.74) is 1.08. The van der Waals surface area contributed by atoms with Gasteiger partial charge in [0.2, 0.25) is 5.91 Å². The highest BCUT2D eigenvalue weighted by Gasteiger charge is 2.36. The number of aryl methyl sites for hydroxylation is 1. The van der Waals surface area contributed by atoms with Gasteiger partial charge in [0.1, 0.15) is 6.04 Å². The van der Waals surface area contributed by atoms with Crippen molar-refractivity contribution in [2.75, 3.05) is 26.4 Å². The van der Waals surface area contributed by atoms with Crippen molar-refractivity contribution in [3.05, 3.63) is 35.9 Å². The van der Waals surface area contributed by atoms with Crippen molar-refractivity contribution in [1.82, 2.24) is 10.2 Å². The molecule has 2 rings (SSSR count). The van der Waals surface area contributed by atoms with Gasteiger partial charge in [0.05, 0.1) is 25.9 Å². The second-order valence-electron chi connectivity index (χ2n) is 6.68. The van der Waals surface area contributed by atoms with Crippen LogP contribution in [0.3, 0.4) is 0 Å². The topological polar surface area (TPSA) is 105 Å². The van der Waals surface area contributed by atoms with E-state index < -0.39 is 30.1 Å². The molecule has 1 aliphatic heterocycles. The summed E-state index contributed by atoms with van der Waals surface area (Å²) < 4.78 is 10.3. The molecule has 1 heterocycles. The fraction of sp³-hybridized carbons (Fsp3) is 0.550. The van der Waals surface area contributed by atoms with Gasteiger partial charge in [0.25, 0.3) is 0 Å². The highest BCUT2D eigenvalue weighted by Crippen LogP contribution is 2.12. The third-order valence-corrected chi connectivity index (χ3v) is 4.65. The van der Waals surface area contributed by atoms with E-state index in [4.69, 9.17) is 9.47 Å². The zero-order valence-corrected chi connectivity index (χ0v) is 16.3. The lowest BCUT2D eigenvalue weighted by molar-refractivity contribution is -0.159. The first-order chi connectivity index (χ1) is 13.4. The molecule has 1 aromatic carbocycles. The van der Waals surface area contributed by atoms with Crippen molar-refractivity contribution < 1.29 is 29.0 Å². The summed E-state index contributed by atoms with van der Waals surface area (Å²) in [5.74, 6) is -1.90. The van der Waals surface area contributed by atoms with E-state index in [-0.39, 0.29) is 32.3 Å². The van der Waals surface area contributed by atoms with Gasteiger partial charge in [-0.05, 0) is 32.3 Å². The van der Waals surface area contributed by atoms with Crippen LogP contribution in [-0.2, 0) is 30.3 Å². The van der Waals surface area contributed by atoms with E-state index in [1.54, 1.807) is 13.8 Å². The molecule has 1 fully saturated rings. The predicted molar refractivity (Wildman–Crippen MR) is 102 cm³/mol. The molecule has 1 amide bonds. The number of nitrogens with zero attached hydrogens (tertiary/aromatic N) is 1. The Labute approximate surface area is 164 Å². The number of esters is 1. The van der Waals surface area contributed by atoms with Crippen LogP contribution in [0.5, 0.6) is 0 Å². The molecule has 8 nitrogen and oxygen atoms in total. The SMILES string of the molecule is CCOC(=O)C(CCc1ccccc1)N[C@@H](C)C(=O)N1CCOCC1C(=O)O. The van der Waals surface area contributed by atoms with Crippen LogP contribution in [0.1, 0.15) is 25.8 Å². The van der Waals surface area contributed by atoms with E-state index in [0.29, 0.717) is 12.8 Å². The number of carboxylic acids is 1. The number of amides is 1. The highest BCUT2D eigenvalue weighted by atomic mass is 16.5. The fourth-order valence-electron chi connectivity index (χ4n) is 3.16. The molecule has 0 bridgehead atoms. The van der Waals surface area contributed by atoms with Crippen LogP contribution in [-0.4, -0.2) is 72.3 Å². The number of benzene rings is 1. The fourth-order valence-corrected chi connectivity index (χ4v) is 3.16. The molecule has 3 atom stereocenters. The number of carboxylic acid groups (broad SMARTS) is 1.